The molecule has 2 aromatic rings. The summed E-state index contributed by atoms with van der Waals surface area (Å²) in [5.41, 5.74) is 7.40. The van der Waals surface area contributed by atoms with Crippen molar-refractivity contribution in [2.24, 2.45) is 5.73 Å². The molecular weight excluding hydrogens is 218 g/mol. The molecule has 2 aromatic carbocycles. The fourth-order valence-electron chi connectivity index (χ4n) is 2.38. The summed E-state index contributed by atoms with van der Waals surface area (Å²) in [6.07, 6.45) is 6.09. The molecule has 0 radical (unpaired) electrons. The predicted octanol–water partition coefficient (Wildman–Crippen LogP) is 4.07. The summed E-state index contributed by atoms with van der Waals surface area (Å²) in [5, 5.41) is 2.65. The molecule has 1 nitrogen and oxygen atoms in total. The van der Waals surface area contributed by atoms with E-state index in [2.05, 4.69) is 55.5 Å². The van der Waals surface area contributed by atoms with E-state index in [1.807, 2.05) is 13.0 Å². The third-order valence-electron chi connectivity index (χ3n) is 3.36. The number of fused-ring (bicyclic) bond motifs is 1. The van der Waals surface area contributed by atoms with Crippen LogP contribution in [0, 0.1) is 0 Å². The second kappa shape index (κ2) is 5.36. The smallest absolute Gasteiger partial charge is 0.0313 e. The Morgan fingerprint density at radius 3 is 2.61 bits per heavy atom. The second-order valence-corrected chi connectivity index (χ2v) is 5.14. The Labute approximate surface area is 109 Å². The SMILES string of the molecule is C/C=C/[C@@](C)(N)CCc1cccc2ccccc12. The topological polar surface area (TPSA) is 26.0 Å². The van der Waals surface area contributed by atoms with Crippen molar-refractivity contribution in [2.45, 2.75) is 32.2 Å². The van der Waals surface area contributed by atoms with Crippen molar-refractivity contribution < 1.29 is 0 Å². The lowest BCUT2D eigenvalue weighted by Crippen LogP contribution is -2.34. The van der Waals surface area contributed by atoms with Gasteiger partial charge in [0.15, 0.2) is 0 Å². The maximum atomic E-state index is 6.23. The van der Waals surface area contributed by atoms with E-state index in [1.165, 1.54) is 16.3 Å². The Morgan fingerprint density at radius 1 is 1.11 bits per heavy atom. The third kappa shape index (κ3) is 2.99. The molecule has 0 heterocycles. The van der Waals surface area contributed by atoms with Gasteiger partial charge >= 0.3 is 0 Å². The van der Waals surface area contributed by atoms with Gasteiger partial charge in [0.2, 0.25) is 0 Å². The summed E-state index contributed by atoms with van der Waals surface area (Å²) in [6, 6.07) is 15.0. The Balaban J connectivity index is 2.22. The lowest BCUT2D eigenvalue weighted by molar-refractivity contribution is 0.534. The van der Waals surface area contributed by atoms with Crippen LogP contribution < -0.4 is 5.73 Å². The van der Waals surface area contributed by atoms with Gasteiger partial charge < -0.3 is 5.73 Å². The maximum Gasteiger partial charge on any atom is 0.0313 e. The largest absolute Gasteiger partial charge is 0.322 e. The third-order valence-corrected chi connectivity index (χ3v) is 3.36. The summed E-state index contributed by atoms with van der Waals surface area (Å²) in [7, 11) is 0. The Bertz CT molecular complexity index is 547. The summed E-state index contributed by atoms with van der Waals surface area (Å²) in [5.74, 6) is 0. The number of allylic oxidation sites excluding steroid dienone is 1. The van der Waals surface area contributed by atoms with Crippen LogP contribution in [0.15, 0.2) is 54.6 Å². The highest BCUT2D eigenvalue weighted by atomic mass is 14.7. The van der Waals surface area contributed by atoms with E-state index in [9.17, 15) is 0 Å². The molecule has 94 valence electrons. The minimum Gasteiger partial charge on any atom is -0.322 e. The van der Waals surface area contributed by atoms with Gasteiger partial charge in [-0.1, -0.05) is 54.6 Å². The molecule has 2 N–H and O–H groups in total. The molecule has 2 rings (SSSR count). The first kappa shape index (κ1) is 12.8. The minimum absolute atomic E-state index is 0.217. The average Bonchev–Trinajstić information content (AvgIpc) is 2.36. The molecule has 18 heavy (non-hydrogen) atoms. The van der Waals surface area contributed by atoms with Crippen molar-refractivity contribution in [3.63, 3.8) is 0 Å². The summed E-state index contributed by atoms with van der Waals surface area (Å²) in [6.45, 7) is 4.10. The van der Waals surface area contributed by atoms with E-state index >= 15 is 0 Å². The first-order valence-corrected chi connectivity index (χ1v) is 6.52. The molecule has 0 bridgehead atoms. The lowest BCUT2D eigenvalue weighted by Gasteiger charge is -2.20. The number of aryl methyl sites for hydroxylation is 1. The molecule has 0 amide bonds. The Kier molecular flexibility index (Phi) is 3.83. The number of nitrogens with two attached hydrogens (primary N) is 1. The first-order valence-electron chi connectivity index (χ1n) is 6.52. The number of hydrogen-bond donors (Lipinski definition) is 1. The molecule has 0 unspecified atom stereocenters. The molecule has 0 aliphatic rings. The molecule has 0 spiro atoms. The van der Waals surface area contributed by atoms with E-state index in [-0.39, 0.29) is 5.54 Å². The molecule has 1 atom stereocenters. The van der Waals surface area contributed by atoms with Gasteiger partial charge in [-0.25, -0.2) is 0 Å². The van der Waals surface area contributed by atoms with Gasteiger partial charge in [0.1, 0.15) is 0 Å². The fraction of sp³-hybridized carbons (Fsp3) is 0.294. The summed E-state index contributed by atoms with van der Waals surface area (Å²) >= 11 is 0. The zero-order chi connectivity index (χ0) is 13.0. The number of hydrogen-bond acceptors (Lipinski definition) is 1. The maximum absolute atomic E-state index is 6.23. The van der Waals surface area contributed by atoms with Crippen LogP contribution in [0.3, 0.4) is 0 Å². The lowest BCUT2D eigenvalue weighted by atomic mass is 9.92. The minimum atomic E-state index is -0.217. The second-order valence-electron chi connectivity index (χ2n) is 5.14. The number of benzene rings is 2. The van der Waals surface area contributed by atoms with Crippen LogP contribution in [0.2, 0.25) is 0 Å². The quantitative estimate of drug-likeness (QED) is 0.800. The number of rotatable bonds is 4. The van der Waals surface area contributed by atoms with Crippen LogP contribution in [0.5, 0.6) is 0 Å². The normalized spacial score (nSPS) is 15.1. The van der Waals surface area contributed by atoms with Gasteiger partial charge in [-0.05, 0) is 43.0 Å². The molecule has 0 fully saturated rings. The van der Waals surface area contributed by atoms with E-state index in [0.29, 0.717) is 0 Å². The zero-order valence-corrected chi connectivity index (χ0v) is 11.2. The van der Waals surface area contributed by atoms with E-state index in [4.69, 9.17) is 5.73 Å². The van der Waals surface area contributed by atoms with Gasteiger partial charge in [-0.2, -0.15) is 0 Å². The monoisotopic (exact) mass is 239 g/mol. The van der Waals surface area contributed by atoms with Gasteiger partial charge in [-0.15, -0.1) is 0 Å². The molecule has 0 aliphatic carbocycles. The highest BCUT2D eigenvalue weighted by Gasteiger charge is 2.14. The van der Waals surface area contributed by atoms with Crippen molar-refractivity contribution >= 4 is 10.8 Å². The molecule has 1 heteroatoms. The molecule has 0 aromatic heterocycles. The Morgan fingerprint density at radius 2 is 1.83 bits per heavy atom. The molecular formula is C17H21N. The van der Waals surface area contributed by atoms with Gasteiger partial charge in [0, 0.05) is 5.54 Å². The van der Waals surface area contributed by atoms with Crippen LogP contribution >= 0.6 is 0 Å². The zero-order valence-electron chi connectivity index (χ0n) is 11.2. The van der Waals surface area contributed by atoms with E-state index in [1.54, 1.807) is 0 Å². The highest BCUT2D eigenvalue weighted by molar-refractivity contribution is 5.85. The highest BCUT2D eigenvalue weighted by Crippen LogP contribution is 2.21. The predicted molar refractivity (Wildman–Crippen MR) is 79.7 cm³/mol. The van der Waals surface area contributed by atoms with Crippen molar-refractivity contribution in [2.75, 3.05) is 0 Å². The van der Waals surface area contributed by atoms with Gasteiger partial charge in [-0.3, -0.25) is 0 Å². The molecule has 0 saturated heterocycles. The van der Waals surface area contributed by atoms with Crippen LogP contribution in [-0.4, -0.2) is 5.54 Å². The van der Waals surface area contributed by atoms with Crippen LogP contribution in [0.25, 0.3) is 10.8 Å². The van der Waals surface area contributed by atoms with Crippen molar-refractivity contribution in [3.05, 3.63) is 60.2 Å². The molecule has 0 saturated carbocycles. The average molecular weight is 239 g/mol. The van der Waals surface area contributed by atoms with Crippen LogP contribution in [0.4, 0.5) is 0 Å². The fourth-order valence-corrected chi connectivity index (χ4v) is 2.38. The summed E-state index contributed by atoms with van der Waals surface area (Å²) < 4.78 is 0. The van der Waals surface area contributed by atoms with Crippen LogP contribution in [0.1, 0.15) is 25.8 Å². The van der Waals surface area contributed by atoms with Crippen LogP contribution in [-0.2, 0) is 6.42 Å². The standard InChI is InChI=1S/C17H21N/c1-3-12-17(2,18)13-11-15-9-6-8-14-7-4-5-10-16(14)15/h3-10,12H,11,13,18H2,1-2H3/b12-3+/t17-/m1/s1. The molecule has 0 aliphatic heterocycles. The van der Waals surface area contributed by atoms with E-state index in [0.717, 1.165) is 12.8 Å². The van der Waals surface area contributed by atoms with Crippen molar-refractivity contribution in [1.29, 1.82) is 0 Å². The van der Waals surface area contributed by atoms with Crippen molar-refractivity contribution in [3.8, 4) is 0 Å². The van der Waals surface area contributed by atoms with E-state index < -0.39 is 0 Å². The van der Waals surface area contributed by atoms with Gasteiger partial charge in [0.05, 0.1) is 0 Å². The van der Waals surface area contributed by atoms with Gasteiger partial charge in [0.25, 0.3) is 0 Å². The first-order chi connectivity index (χ1) is 8.62. The Hall–Kier alpha value is -1.60. The summed E-state index contributed by atoms with van der Waals surface area (Å²) in [4.78, 5) is 0. The van der Waals surface area contributed by atoms with Crippen molar-refractivity contribution in [1.82, 2.24) is 0 Å².